The minimum absolute atomic E-state index is 0.166. The highest BCUT2D eigenvalue weighted by molar-refractivity contribution is 6.03. The highest BCUT2D eigenvalue weighted by Crippen LogP contribution is 2.23. The van der Waals surface area contributed by atoms with Crippen LogP contribution in [0, 0.1) is 17.1 Å². The van der Waals surface area contributed by atoms with Gasteiger partial charge in [-0.05, 0) is 36.4 Å². The van der Waals surface area contributed by atoms with Gasteiger partial charge in [0.25, 0.3) is 5.91 Å². The smallest absolute Gasteiger partial charge is 0.273 e. The molecule has 6 heteroatoms. The number of para-hydroxylation sites is 1. The van der Waals surface area contributed by atoms with Crippen molar-refractivity contribution < 1.29 is 9.18 Å². The molecule has 1 amide bonds. The molecule has 0 saturated heterocycles. The van der Waals surface area contributed by atoms with Crippen molar-refractivity contribution in [2.24, 2.45) is 0 Å². The van der Waals surface area contributed by atoms with Gasteiger partial charge in [0.1, 0.15) is 11.5 Å². The summed E-state index contributed by atoms with van der Waals surface area (Å²) in [6.45, 7) is 0. The van der Waals surface area contributed by atoms with E-state index in [-0.39, 0.29) is 22.9 Å². The number of halogens is 1. The van der Waals surface area contributed by atoms with Crippen LogP contribution in [0.3, 0.4) is 0 Å². The Balaban J connectivity index is 1.86. The first kappa shape index (κ1) is 14.5. The number of rotatable bonds is 3. The summed E-state index contributed by atoms with van der Waals surface area (Å²) in [6.07, 6.45) is 0. The van der Waals surface area contributed by atoms with Crippen LogP contribution in [-0.2, 0) is 0 Å². The highest BCUT2D eigenvalue weighted by atomic mass is 19.1. The van der Waals surface area contributed by atoms with E-state index in [4.69, 9.17) is 5.26 Å². The molecule has 0 spiro atoms. The zero-order chi connectivity index (χ0) is 16.2. The van der Waals surface area contributed by atoms with Gasteiger partial charge in [-0.25, -0.2) is 4.39 Å². The summed E-state index contributed by atoms with van der Waals surface area (Å²) < 4.78 is 13.9. The predicted molar refractivity (Wildman–Crippen MR) is 83.1 cm³/mol. The van der Waals surface area contributed by atoms with Crippen molar-refractivity contribution in [1.82, 2.24) is 10.2 Å². The van der Waals surface area contributed by atoms with Crippen LogP contribution >= 0.6 is 0 Å². The summed E-state index contributed by atoms with van der Waals surface area (Å²) in [4.78, 5) is 12.1. The van der Waals surface area contributed by atoms with Crippen molar-refractivity contribution in [3.63, 3.8) is 0 Å². The first-order valence-electron chi connectivity index (χ1n) is 6.79. The largest absolute Gasteiger partial charge is 0.321 e. The minimum atomic E-state index is -0.509. The second kappa shape index (κ2) is 6.12. The number of carbonyl (C=O) groups excluding carboxylic acids is 1. The van der Waals surface area contributed by atoms with E-state index < -0.39 is 5.82 Å². The maximum Gasteiger partial charge on any atom is 0.273 e. The lowest BCUT2D eigenvalue weighted by atomic mass is 10.1. The number of nitrogens with one attached hydrogen (secondary N) is 2. The Kier molecular flexibility index (Phi) is 3.85. The predicted octanol–water partition coefficient (Wildman–Crippen LogP) is 3.34. The Morgan fingerprint density at radius 1 is 1.17 bits per heavy atom. The number of carbonyl (C=O) groups is 1. The average molecular weight is 306 g/mol. The standard InChI is InChI=1S/C17H11FN4O/c18-14-7-6-11(10-19)8-13(14)15-9-16(22-21-15)17(23)20-12-4-2-1-3-5-12/h1-9H,(H,20,23)(H,21,22). The maximum atomic E-state index is 13.9. The van der Waals surface area contributed by atoms with Gasteiger partial charge in [0.05, 0.1) is 17.3 Å². The quantitative estimate of drug-likeness (QED) is 0.778. The third-order valence-electron chi connectivity index (χ3n) is 3.23. The first-order valence-corrected chi connectivity index (χ1v) is 6.79. The normalized spacial score (nSPS) is 10.1. The molecular weight excluding hydrogens is 295 g/mol. The van der Waals surface area contributed by atoms with Gasteiger partial charge in [-0.2, -0.15) is 10.4 Å². The van der Waals surface area contributed by atoms with Crippen molar-refractivity contribution in [1.29, 1.82) is 5.26 Å². The number of H-pyrrole nitrogens is 1. The molecule has 3 rings (SSSR count). The Hall–Kier alpha value is -3.46. The molecule has 0 unspecified atom stereocenters. The molecule has 23 heavy (non-hydrogen) atoms. The fraction of sp³-hybridized carbons (Fsp3) is 0. The lowest BCUT2D eigenvalue weighted by molar-refractivity contribution is 0.102. The molecule has 5 nitrogen and oxygen atoms in total. The average Bonchev–Trinajstić information content (AvgIpc) is 3.06. The maximum absolute atomic E-state index is 13.9. The van der Waals surface area contributed by atoms with Crippen molar-refractivity contribution in [3.8, 4) is 17.3 Å². The third-order valence-corrected chi connectivity index (χ3v) is 3.23. The van der Waals surface area contributed by atoms with Crippen molar-refractivity contribution in [2.45, 2.75) is 0 Å². The number of aromatic nitrogens is 2. The number of anilines is 1. The van der Waals surface area contributed by atoms with Crippen molar-refractivity contribution in [3.05, 3.63) is 71.7 Å². The van der Waals surface area contributed by atoms with E-state index in [1.165, 1.54) is 24.3 Å². The van der Waals surface area contributed by atoms with Crippen LogP contribution in [0.2, 0.25) is 0 Å². The Bertz CT molecular complexity index is 896. The van der Waals surface area contributed by atoms with Gasteiger partial charge in [0.15, 0.2) is 0 Å². The second-order valence-corrected chi connectivity index (χ2v) is 4.79. The lowest BCUT2D eigenvalue weighted by Gasteiger charge is -2.02. The topological polar surface area (TPSA) is 81.6 Å². The van der Waals surface area contributed by atoms with Gasteiger partial charge in [-0.3, -0.25) is 9.89 Å². The molecule has 2 N–H and O–H groups in total. The van der Waals surface area contributed by atoms with E-state index in [0.717, 1.165) is 0 Å². The molecule has 0 aliphatic heterocycles. The van der Waals surface area contributed by atoms with Crippen LogP contribution in [0.5, 0.6) is 0 Å². The van der Waals surface area contributed by atoms with E-state index in [0.29, 0.717) is 11.3 Å². The van der Waals surface area contributed by atoms with Crippen LogP contribution in [0.1, 0.15) is 16.1 Å². The number of hydrogen-bond acceptors (Lipinski definition) is 3. The van der Waals surface area contributed by atoms with Crippen molar-refractivity contribution in [2.75, 3.05) is 5.32 Å². The number of nitrogens with zero attached hydrogens (tertiary/aromatic N) is 2. The SMILES string of the molecule is N#Cc1ccc(F)c(-c2cc(C(=O)Nc3ccccc3)[nH]n2)c1. The molecule has 0 fully saturated rings. The van der Waals surface area contributed by atoms with Gasteiger partial charge >= 0.3 is 0 Å². The molecule has 0 aliphatic rings. The van der Waals surface area contributed by atoms with E-state index >= 15 is 0 Å². The molecule has 3 aromatic rings. The zero-order valence-electron chi connectivity index (χ0n) is 11.9. The molecule has 1 aromatic heterocycles. The number of hydrogen-bond donors (Lipinski definition) is 2. The molecule has 0 aliphatic carbocycles. The molecule has 0 bridgehead atoms. The van der Waals surface area contributed by atoms with Crippen LogP contribution in [0.25, 0.3) is 11.3 Å². The minimum Gasteiger partial charge on any atom is -0.321 e. The van der Waals surface area contributed by atoms with E-state index in [9.17, 15) is 9.18 Å². The molecule has 0 radical (unpaired) electrons. The van der Waals surface area contributed by atoms with Gasteiger partial charge in [-0.1, -0.05) is 18.2 Å². The van der Waals surface area contributed by atoms with Crippen LogP contribution in [0.4, 0.5) is 10.1 Å². The van der Waals surface area contributed by atoms with Crippen LogP contribution in [0.15, 0.2) is 54.6 Å². The summed E-state index contributed by atoms with van der Waals surface area (Å²) in [5.41, 5.74) is 1.59. The summed E-state index contributed by atoms with van der Waals surface area (Å²) >= 11 is 0. The number of benzene rings is 2. The molecule has 112 valence electrons. The Labute approximate surface area is 131 Å². The Morgan fingerprint density at radius 3 is 2.70 bits per heavy atom. The van der Waals surface area contributed by atoms with Gasteiger partial charge in [0.2, 0.25) is 0 Å². The van der Waals surface area contributed by atoms with Crippen LogP contribution < -0.4 is 5.32 Å². The molecular formula is C17H11FN4O. The first-order chi connectivity index (χ1) is 11.2. The molecule has 1 heterocycles. The number of amides is 1. The molecule has 2 aromatic carbocycles. The summed E-state index contributed by atoms with van der Waals surface area (Å²) in [7, 11) is 0. The van der Waals surface area contributed by atoms with Crippen molar-refractivity contribution >= 4 is 11.6 Å². The summed E-state index contributed by atoms with van der Waals surface area (Å²) in [5.74, 6) is -0.891. The van der Waals surface area contributed by atoms with E-state index in [1.54, 1.807) is 24.3 Å². The Morgan fingerprint density at radius 2 is 1.96 bits per heavy atom. The van der Waals surface area contributed by atoms with Gasteiger partial charge in [-0.15, -0.1) is 0 Å². The van der Waals surface area contributed by atoms with Crippen LogP contribution in [-0.4, -0.2) is 16.1 Å². The lowest BCUT2D eigenvalue weighted by Crippen LogP contribution is -2.12. The fourth-order valence-electron chi connectivity index (χ4n) is 2.09. The molecule has 0 atom stereocenters. The summed E-state index contributed by atoms with van der Waals surface area (Å²) in [5, 5.41) is 18.1. The van der Waals surface area contributed by atoms with Gasteiger partial charge in [0, 0.05) is 11.3 Å². The monoisotopic (exact) mass is 306 g/mol. The zero-order valence-corrected chi connectivity index (χ0v) is 11.9. The van der Waals surface area contributed by atoms with E-state index in [1.807, 2.05) is 12.1 Å². The fourth-order valence-corrected chi connectivity index (χ4v) is 2.09. The number of aromatic amines is 1. The number of nitriles is 1. The molecule has 0 saturated carbocycles. The van der Waals surface area contributed by atoms with E-state index in [2.05, 4.69) is 15.5 Å². The third kappa shape index (κ3) is 3.09. The summed E-state index contributed by atoms with van der Waals surface area (Å²) in [6, 6.07) is 16.3. The second-order valence-electron chi connectivity index (χ2n) is 4.79. The van der Waals surface area contributed by atoms with Gasteiger partial charge < -0.3 is 5.32 Å². The highest BCUT2D eigenvalue weighted by Gasteiger charge is 2.14.